The molecular formula is C7H4BF3NO4-. The lowest BCUT2D eigenvalue weighted by Gasteiger charge is -2.14. The van der Waals surface area contributed by atoms with Crippen LogP contribution in [-0.2, 0) is 0 Å². The molecule has 0 unspecified atom stereocenters. The lowest BCUT2D eigenvalue weighted by molar-refractivity contribution is -0.384. The summed E-state index contributed by atoms with van der Waals surface area (Å²) in [5, 5.41) is 18.8. The summed E-state index contributed by atoms with van der Waals surface area (Å²) in [6.07, 6.45) is 0. The minimum absolute atomic E-state index is 0.312. The summed E-state index contributed by atoms with van der Waals surface area (Å²) < 4.78 is 37.0. The average molecular weight is 234 g/mol. The molecule has 9 heteroatoms. The summed E-state index contributed by atoms with van der Waals surface area (Å²) in [5.41, 5.74) is -2.95. The molecule has 86 valence electrons. The maximum absolute atomic E-state index is 12.3. The number of carboxylic acid groups (broad SMARTS) is 1. The Balaban J connectivity index is 3.42. The van der Waals surface area contributed by atoms with Crippen molar-refractivity contribution in [3.05, 3.63) is 33.9 Å². The highest BCUT2D eigenvalue weighted by Gasteiger charge is 2.28. The van der Waals surface area contributed by atoms with Gasteiger partial charge in [0.25, 0.3) is 5.69 Å². The van der Waals surface area contributed by atoms with E-state index < -0.39 is 34.6 Å². The number of non-ortho nitro benzene ring substituents is 1. The molecule has 0 heterocycles. The maximum Gasteiger partial charge on any atom is 0.509 e. The number of nitro groups is 1. The zero-order chi connectivity index (χ0) is 12.5. The number of halogens is 3. The number of benzene rings is 1. The summed E-state index contributed by atoms with van der Waals surface area (Å²) in [4.78, 5) is 19.7. The second-order valence-corrected chi connectivity index (χ2v) is 2.95. The molecule has 0 aliphatic rings. The maximum atomic E-state index is 12.3. The Hall–Kier alpha value is -2.06. The van der Waals surface area contributed by atoms with E-state index in [-0.39, 0.29) is 0 Å². The first-order chi connectivity index (χ1) is 7.21. The van der Waals surface area contributed by atoms with Gasteiger partial charge in [0.2, 0.25) is 0 Å². The molecule has 1 aromatic rings. The Kier molecular flexibility index (Phi) is 2.88. The van der Waals surface area contributed by atoms with Crippen LogP contribution < -0.4 is 5.46 Å². The first kappa shape index (κ1) is 12.0. The molecule has 1 rings (SSSR count). The van der Waals surface area contributed by atoms with Crippen molar-refractivity contribution in [2.45, 2.75) is 0 Å². The van der Waals surface area contributed by atoms with Crippen molar-refractivity contribution in [1.82, 2.24) is 0 Å². The van der Waals surface area contributed by atoms with E-state index in [1.807, 2.05) is 0 Å². The fourth-order valence-corrected chi connectivity index (χ4v) is 1.05. The lowest BCUT2D eigenvalue weighted by atomic mass is 9.79. The topological polar surface area (TPSA) is 80.4 Å². The highest BCUT2D eigenvalue weighted by molar-refractivity contribution is 6.73. The van der Waals surface area contributed by atoms with E-state index >= 15 is 0 Å². The highest BCUT2D eigenvalue weighted by Crippen LogP contribution is 2.17. The summed E-state index contributed by atoms with van der Waals surface area (Å²) in [6, 6.07) is 1.26. The van der Waals surface area contributed by atoms with Gasteiger partial charge in [-0.1, -0.05) is 6.07 Å². The van der Waals surface area contributed by atoms with Crippen LogP contribution >= 0.6 is 0 Å². The van der Waals surface area contributed by atoms with Crippen molar-refractivity contribution in [2.75, 3.05) is 0 Å². The van der Waals surface area contributed by atoms with Gasteiger partial charge in [0, 0.05) is 6.07 Å². The predicted octanol–water partition coefficient (Wildman–Crippen LogP) is 1.35. The van der Waals surface area contributed by atoms with Gasteiger partial charge in [0.1, 0.15) is 0 Å². The third kappa shape index (κ3) is 2.50. The minimum atomic E-state index is -5.47. The van der Waals surface area contributed by atoms with E-state index in [1.165, 1.54) is 0 Å². The van der Waals surface area contributed by atoms with Gasteiger partial charge in [-0.3, -0.25) is 10.1 Å². The quantitative estimate of drug-likeness (QED) is 0.486. The molecule has 0 bridgehead atoms. The van der Waals surface area contributed by atoms with Gasteiger partial charge in [-0.2, -0.15) is 0 Å². The van der Waals surface area contributed by atoms with Crippen LogP contribution in [0.25, 0.3) is 0 Å². The van der Waals surface area contributed by atoms with Crippen LogP contribution in [0, 0.1) is 10.1 Å². The van der Waals surface area contributed by atoms with Crippen LogP contribution in [0.2, 0.25) is 0 Å². The summed E-state index contributed by atoms with van der Waals surface area (Å²) in [5.74, 6) is -1.65. The fourth-order valence-electron chi connectivity index (χ4n) is 1.05. The van der Waals surface area contributed by atoms with E-state index in [2.05, 4.69) is 0 Å². The molecule has 0 aromatic heterocycles. The Morgan fingerprint density at radius 1 is 1.31 bits per heavy atom. The number of nitrogens with zero attached hydrogens (tertiary/aromatic N) is 1. The van der Waals surface area contributed by atoms with E-state index in [0.717, 1.165) is 0 Å². The molecular weight excluding hydrogens is 230 g/mol. The number of carbonyl (C=O) groups is 1. The molecule has 5 nitrogen and oxygen atoms in total. The summed E-state index contributed by atoms with van der Waals surface area (Å²) in [7, 11) is 0. The van der Waals surface area contributed by atoms with Gasteiger partial charge in [0.05, 0.1) is 10.5 Å². The van der Waals surface area contributed by atoms with E-state index in [1.54, 1.807) is 0 Å². The van der Waals surface area contributed by atoms with Crippen molar-refractivity contribution >= 4 is 24.1 Å². The molecule has 0 aliphatic carbocycles. The Morgan fingerprint density at radius 3 is 2.25 bits per heavy atom. The van der Waals surface area contributed by atoms with E-state index in [0.29, 0.717) is 18.2 Å². The number of carboxylic acids is 1. The number of aromatic carboxylic acids is 1. The van der Waals surface area contributed by atoms with Crippen molar-refractivity contribution in [2.24, 2.45) is 0 Å². The van der Waals surface area contributed by atoms with Gasteiger partial charge in [0.15, 0.2) is 0 Å². The SMILES string of the molecule is O=C(O)c1cc([N+](=O)[O-])cc([B-](F)(F)F)c1. The van der Waals surface area contributed by atoms with Gasteiger partial charge in [-0.05, 0) is 6.07 Å². The molecule has 16 heavy (non-hydrogen) atoms. The molecule has 0 amide bonds. The Labute approximate surface area is 86.7 Å². The smallest absolute Gasteiger partial charge is 0.478 e. The zero-order valence-corrected chi connectivity index (χ0v) is 7.56. The zero-order valence-electron chi connectivity index (χ0n) is 7.56. The first-order valence-corrected chi connectivity index (χ1v) is 3.94. The molecule has 0 spiro atoms. The summed E-state index contributed by atoms with van der Waals surface area (Å²) >= 11 is 0. The summed E-state index contributed by atoms with van der Waals surface area (Å²) in [6.45, 7) is -5.47. The van der Waals surface area contributed by atoms with Gasteiger partial charge in [-0.25, -0.2) is 4.79 Å². The van der Waals surface area contributed by atoms with E-state index in [9.17, 15) is 27.9 Å². The molecule has 0 fully saturated rings. The number of hydrogen-bond donors (Lipinski definition) is 1. The molecule has 0 aliphatic heterocycles. The molecule has 0 saturated heterocycles. The van der Waals surface area contributed by atoms with Crippen molar-refractivity contribution in [1.29, 1.82) is 0 Å². The van der Waals surface area contributed by atoms with Crippen LogP contribution in [0.15, 0.2) is 18.2 Å². The average Bonchev–Trinajstić information content (AvgIpc) is 2.15. The second kappa shape index (κ2) is 3.84. The largest absolute Gasteiger partial charge is 0.509 e. The Bertz CT molecular complexity index is 427. The molecule has 0 saturated carbocycles. The van der Waals surface area contributed by atoms with Gasteiger partial charge < -0.3 is 18.1 Å². The van der Waals surface area contributed by atoms with Gasteiger partial charge >= 0.3 is 12.9 Å². The number of rotatable bonds is 3. The van der Waals surface area contributed by atoms with Crippen LogP contribution in [0.4, 0.5) is 18.6 Å². The van der Waals surface area contributed by atoms with Crippen LogP contribution in [0.3, 0.4) is 0 Å². The lowest BCUT2D eigenvalue weighted by Crippen LogP contribution is -2.34. The minimum Gasteiger partial charge on any atom is -0.478 e. The second-order valence-electron chi connectivity index (χ2n) is 2.95. The normalized spacial score (nSPS) is 11.2. The standard InChI is InChI=1S/C7H4BF3NO4/c9-8(10,11)5-1-4(7(13)14)2-6(3-5)12(15)16/h1-3H,(H,13,14)/q-1. The van der Waals surface area contributed by atoms with Crippen molar-refractivity contribution in [3.63, 3.8) is 0 Å². The third-order valence-corrected chi connectivity index (χ3v) is 1.78. The molecule has 0 radical (unpaired) electrons. The fraction of sp³-hybridized carbons (Fsp3) is 0. The van der Waals surface area contributed by atoms with Crippen LogP contribution in [-0.4, -0.2) is 23.0 Å². The van der Waals surface area contributed by atoms with E-state index in [4.69, 9.17) is 5.11 Å². The Morgan fingerprint density at radius 2 is 1.88 bits per heavy atom. The highest BCUT2D eigenvalue weighted by atomic mass is 19.4. The number of nitro benzene ring substituents is 1. The molecule has 0 atom stereocenters. The van der Waals surface area contributed by atoms with Gasteiger partial charge in [-0.15, -0.1) is 5.46 Å². The molecule has 1 N–H and O–H groups in total. The predicted molar refractivity (Wildman–Crippen MR) is 48.8 cm³/mol. The first-order valence-electron chi connectivity index (χ1n) is 3.94. The van der Waals surface area contributed by atoms with Crippen LogP contribution in [0.1, 0.15) is 10.4 Å². The van der Waals surface area contributed by atoms with Crippen molar-refractivity contribution in [3.8, 4) is 0 Å². The van der Waals surface area contributed by atoms with Crippen molar-refractivity contribution < 1.29 is 27.8 Å². The van der Waals surface area contributed by atoms with Crippen LogP contribution in [0.5, 0.6) is 0 Å². The number of hydrogen-bond acceptors (Lipinski definition) is 3. The monoisotopic (exact) mass is 234 g/mol. The third-order valence-electron chi connectivity index (χ3n) is 1.78. The molecule has 1 aromatic carbocycles.